The van der Waals surface area contributed by atoms with Crippen LogP contribution in [0.5, 0.6) is 0 Å². The first-order valence-corrected chi connectivity index (χ1v) is 7.43. The summed E-state index contributed by atoms with van der Waals surface area (Å²) in [6.07, 6.45) is -4.16. The third-order valence-electron chi connectivity index (χ3n) is 3.53. The fourth-order valence-corrected chi connectivity index (χ4v) is 2.07. The molecule has 1 heterocycles. The Morgan fingerprint density at radius 3 is 2.58 bits per heavy atom. The van der Waals surface area contributed by atoms with Crippen LogP contribution in [-0.2, 0) is 12.6 Å². The monoisotopic (exact) mass is 336 g/mol. The van der Waals surface area contributed by atoms with Crippen molar-refractivity contribution in [2.24, 2.45) is 10.7 Å². The van der Waals surface area contributed by atoms with Gasteiger partial charge in [0.2, 0.25) is 0 Å². The molecule has 0 aliphatic carbocycles. The second-order valence-corrected chi connectivity index (χ2v) is 5.45. The maximum absolute atomic E-state index is 12.6. The second-order valence-electron chi connectivity index (χ2n) is 5.45. The lowest BCUT2D eigenvalue weighted by Gasteiger charge is -2.09. The molecule has 4 nitrogen and oxygen atoms in total. The lowest BCUT2D eigenvalue weighted by atomic mass is 10.1. The van der Waals surface area contributed by atoms with Crippen molar-refractivity contribution in [3.05, 3.63) is 58.9 Å². The summed E-state index contributed by atoms with van der Waals surface area (Å²) in [7, 11) is 0. The lowest BCUT2D eigenvalue weighted by molar-refractivity contribution is -0.141. The summed E-state index contributed by atoms with van der Waals surface area (Å²) < 4.78 is 37.8. The van der Waals surface area contributed by atoms with Crippen molar-refractivity contribution in [2.75, 3.05) is 11.9 Å². The van der Waals surface area contributed by atoms with E-state index >= 15 is 0 Å². The zero-order valence-electron chi connectivity index (χ0n) is 13.5. The zero-order valence-corrected chi connectivity index (χ0v) is 13.5. The highest BCUT2D eigenvalue weighted by atomic mass is 19.4. The molecule has 24 heavy (non-hydrogen) atoms. The number of rotatable bonds is 4. The molecule has 0 bridgehead atoms. The van der Waals surface area contributed by atoms with Crippen molar-refractivity contribution < 1.29 is 13.2 Å². The van der Waals surface area contributed by atoms with E-state index in [9.17, 15) is 13.2 Å². The number of hydrogen-bond donors (Lipinski definition) is 2. The van der Waals surface area contributed by atoms with Crippen LogP contribution < -0.4 is 11.1 Å². The van der Waals surface area contributed by atoms with Gasteiger partial charge >= 0.3 is 6.18 Å². The van der Waals surface area contributed by atoms with E-state index in [0.717, 1.165) is 17.3 Å². The standard InChI is InChI=1S/C17H19F3N4/c1-11-6-7-14(10-12(11)2)24-16(21)22-9-8-13-4-3-5-15(23-13)17(18,19)20/h3-7,10H,8-9H2,1-2H3,(H3,21,22,24). The van der Waals surface area contributed by atoms with Gasteiger partial charge in [-0.05, 0) is 49.2 Å². The molecular formula is C17H19F3N4. The Morgan fingerprint density at radius 1 is 1.17 bits per heavy atom. The number of aromatic nitrogens is 1. The largest absolute Gasteiger partial charge is 0.433 e. The van der Waals surface area contributed by atoms with Gasteiger partial charge in [-0.3, -0.25) is 4.99 Å². The molecule has 7 heteroatoms. The number of anilines is 1. The summed E-state index contributed by atoms with van der Waals surface area (Å²) in [6, 6.07) is 9.63. The van der Waals surface area contributed by atoms with Crippen LogP contribution >= 0.6 is 0 Å². The van der Waals surface area contributed by atoms with Gasteiger partial charge in [0.15, 0.2) is 5.96 Å². The molecule has 0 aliphatic heterocycles. The van der Waals surface area contributed by atoms with Gasteiger partial charge in [0.25, 0.3) is 0 Å². The van der Waals surface area contributed by atoms with Gasteiger partial charge in [-0.2, -0.15) is 13.2 Å². The molecule has 0 saturated carbocycles. The SMILES string of the molecule is Cc1ccc(NC(N)=NCCc2cccc(C(F)(F)F)n2)cc1C. The predicted molar refractivity (Wildman–Crippen MR) is 89.0 cm³/mol. The number of benzene rings is 1. The summed E-state index contributed by atoms with van der Waals surface area (Å²) >= 11 is 0. The van der Waals surface area contributed by atoms with Crippen LogP contribution in [0.4, 0.5) is 18.9 Å². The number of alkyl halides is 3. The minimum Gasteiger partial charge on any atom is -0.370 e. The number of nitrogens with two attached hydrogens (primary N) is 1. The van der Waals surface area contributed by atoms with E-state index in [1.165, 1.54) is 17.7 Å². The van der Waals surface area contributed by atoms with Crippen LogP contribution in [0.3, 0.4) is 0 Å². The van der Waals surface area contributed by atoms with Crippen LogP contribution in [-0.4, -0.2) is 17.5 Å². The van der Waals surface area contributed by atoms with Crippen molar-refractivity contribution in [3.8, 4) is 0 Å². The number of aryl methyl sites for hydroxylation is 2. The average molecular weight is 336 g/mol. The van der Waals surface area contributed by atoms with Crippen molar-refractivity contribution in [2.45, 2.75) is 26.4 Å². The molecule has 1 aromatic carbocycles. The molecular weight excluding hydrogens is 317 g/mol. The Bertz CT molecular complexity index is 739. The van der Waals surface area contributed by atoms with Crippen LogP contribution in [0.2, 0.25) is 0 Å². The summed E-state index contributed by atoms with van der Waals surface area (Å²) in [5.74, 6) is 0.213. The van der Waals surface area contributed by atoms with Gasteiger partial charge in [-0.1, -0.05) is 12.1 Å². The molecule has 0 fully saturated rings. The van der Waals surface area contributed by atoms with Gasteiger partial charge < -0.3 is 11.1 Å². The van der Waals surface area contributed by atoms with Crippen molar-refractivity contribution >= 4 is 11.6 Å². The van der Waals surface area contributed by atoms with Gasteiger partial charge in [0.05, 0.1) is 0 Å². The van der Waals surface area contributed by atoms with Gasteiger partial charge in [-0.15, -0.1) is 0 Å². The number of nitrogens with one attached hydrogen (secondary N) is 1. The van der Waals surface area contributed by atoms with Gasteiger partial charge in [0.1, 0.15) is 5.69 Å². The van der Waals surface area contributed by atoms with Crippen molar-refractivity contribution in [3.63, 3.8) is 0 Å². The topological polar surface area (TPSA) is 63.3 Å². The highest BCUT2D eigenvalue weighted by Crippen LogP contribution is 2.27. The molecule has 128 valence electrons. The Kier molecular flexibility index (Phi) is 5.43. The van der Waals surface area contributed by atoms with Crippen LogP contribution in [0.25, 0.3) is 0 Å². The minimum absolute atomic E-state index is 0.213. The van der Waals surface area contributed by atoms with E-state index in [2.05, 4.69) is 15.3 Å². The maximum atomic E-state index is 12.6. The fraction of sp³-hybridized carbons (Fsp3) is 0.294. The van der Waals surface area contributed by atoms with Crippen LogP contribution in [0.1, 0.15) is 22.5 Å². The molecule has 0 aliphatic rings. The fourth-order valence-electron chi connectivity index (χ4n) is 2.07. The highest BCUT2D eigenvalue weighted by Gasteiger charge is 2.32. The maximum Gasteiger partial charge on any atom is 0.433 e. The van der Waals surface area contributed by atoms with Crippen LogP contribution in [0.15, 0.2) is 41.4 Å². The number of guanidine groups is 1. The molecule has 0 saturated heterocycles. The first kappa shape index (κ1) is 17.8. The molecule has 0 atom stereocenters. The quantitative estimate of drug-likeness (QED) is 0.661. The molecule has 3 N–H and O–H groups in total. The molecule has 0 amide bonds. The Hall–Kier alpha value is -2.57. The van der Waals surface area contributed by atoms with Gasteiger partial charge in [-0.25, -0.2) is 4.98 Å². The minimum atomic E-state index is -4.44. The average Bonchev–Trinajstić information content (AvgIpc) is 2.50. The first-order chi connectivity index (χ1) is 11.3. The van der Waals surface area contributed by atoms with Crippen molar-refractivity contribution in [1.29, 1.82) is 0 Å². The van der Waals surface area contributed by atoms with E-state index in [-0.39, 0.29) is 18.9 Å². The summed E-state index contributed by atoms with van der Waals surface area (Å²) in [4.78, 5) is 7.71. The number of halogens is 3. The zero-order chi connectivity index (χ0) is 17.7. The molecule has 2 aromatic rings. The highest BCUT2D eigenvalue weighted by molar-refractivity contribution is 5.92. The molecule has 0 spiro atoms. The molecule has 0 radical (unpaired) electrons. The number of hydrogen-bond acceptors (Lipinski definition) is 2. The van der Waals surface area contributed by atoms with E-state index in [0.29, 0.717) is 5.69 Å². The Morgan fingerprint density at radius 2 is 1.92 bits per heavy atom. The third kappa shape index (κ3) is 4.97. The molecule has 2 rings (SSSR count). The smallest absolute Gasteiger partial charge is 0.370 e. The van der Waals surface area contributed by atoms with E-state index in [1.807, 2.05) is 32.0 Å². The van der Waals surface area contributed by atoms with Crippen LogP contribution in [0, 0.1) is 13.8 Å². The lowest BCUT2D eigenvalue weighted by Crippen LogP contribution is -2.23. The van der Waals surface area contributed by atoms with E-state index < -0.39 is 11.9 Å². The third-order valence-corrected chi connectivity index (χ3v) is 3.53. The van der Waals surface area contributed by atoms with Gasteiger partial charge in [0, 0.05) is 24.3 Å². The predicted octanol–water partition coefficient (Wildman–Crippen LogP) is 3.69. The number of pyridine rings is 1. The number of nitrogens with zero attached hydrogens (tertiary/aromatic N) is 2. The van der Waals surface area contributed by atoms with E-state index in [4.69, 9.17) is 5.73 Å². The Labute approximate surface area is 138 Å². The summed E-state index contributed by atoms with van der Waals surface area (Å²) in [5, 5.41) is 2.96. The molecule has 1 aromatic heterocycles. The summed E-state index contributed by atoms with van der Waals surface area (Å²) in [5.41, 5.74) is 8.34. The normalized spacial score (nSPS) is 12.3. The van der Waals surface area contributed by atoms with Crippen molar-refractivity contribution in [1.82, 2.24) is 4.98 Å². The Balaban J connectivity index is 1.94. The second kappa shape index (κ2) is 7.33. The first-order valence-electron chi connectivity index (χ1n) is 7.43. The molecule has 0 unspecified atom stereocenters. The van der Waals surface area contributed by atoms with E-state index in [1.54, 1.807) is 0 Å². The summed E-state index contributed by atoms with van der Waals surface area (Å²) in [6.45, 7) is 4.25. The number of aliphatic imine (C=N–C) groups is 1.